The zero-order chi connectivity index (χ0) is 29.9. The van der Waals surface area contributed by atoms with Crippen LogP contribution in [0.25, 0.3) is 65.5 Å². The topological polar surface area (TPSA) is 51.0 Å². The fourth-order valence-corrected chi connectivity index (χ4v) is 6.42. The molecule has 0 aliphatic rings. The van der Waals surface area contributed by atoms with Gasteiger partial charge in [-0.15, -0.1) is 11.3 Å². The van der Waals surface area contributed by atoms with E-state index in [4.69, 9.17) is 15.0 Å². The normalized spacial score (nSPS) is 12.1. The van der Waals surface area contributed by atoms with Gasteiger partial charge >= 0.3 is 0 Å². The van der Waals surface area contributed by atoms with Crippen molar-refractivity contribution in [1.29, 1.82) is 0 Å². The van der Waals surface area contributed by atoms with E-state index < -0.39 is 0 Å². The predicted octanol–water partition coefficient (Wildman–Crippen LogP) is 10.4. The van der Waals surface area contributed by atoms with Crippen LogP contribution in [-0.4, -0.2) is 21.7 Å². The number of benzene rings is 5. The van der Waals surface area contributed by atoms with Crippen LogP contribution in [0.15, 0.2) is 145 Å². The molecule has 5 aromatic carbocycles. The molecular weight excluding hydrogens is 557 g/mol. The summed E-state index contributed by atoms with van der Waals surface area (Å²) in [5.41, 5.74) is 7.14. The quantitative estimate of drug-likeness (QED) is 0.138. The fourth-order valence-electron chi connectivity index (χ4n) is 5.33. The molecule has 0 saturated heterocycles. The Bertz CT molecular complexity index is 2120. The van der Waals surface area contributed by atoms with Gasteiger partial charge in [-0.05, 0) is 54.6 Å². The first-order valence-corrected chi connectivity index (χ1v) is 15.2. The van der Waals surface area contributed by atoms with E-state index in [0.29, 0.717) is 17.5 Å². The van der Waals surface area contributed by atoms with Crippen LogP contribution in [0.5, 0.6) is 0 Å². The van der Waals surface area contributed by atoms with Crippen molar-refractivity contribution in [1.82, 2.24) is 15.0 Å². The van der Waals surface area contributed by atoms with Crippen LogP contribution in [-0.2, 0) is 0 Å². The van der Waals surface area contributed by atoms with Gasteiger partial charge in [0.25, 0.3) is 0 Å². The third-order valence-corrected chi connectivity index (χ3v) is 8.76. The third-order valence-electron chi connectivity index (χ3n) is 7.61. The summed E-state index contributed by atoms with van der Waals surface area (Å²) in [4.78, 5) is 18.7. The molecule has 2 heterocycles. The fraction of sp³-hybridized carbons (Fsp3) is 0.0256. The molecule has 0 saturated carbocycles. The molecule has 0 radical (unpaired) electrons. The monoisotopic (exact) mass is 584 g/mol. The molecule has 7 rings (SSSR count). The minimum absolute atomic E-state index is 0.625. The Kier molecular flexibility index (Phi) is 7.45. The lowest BCUT2D eigenvalue weighted by Gasteiger charge is -2.10. The van der Waals surface area contributed by atoms with E-state index in [1.165, 1.54) is 25.7 Å². The average molecular weight is 585 g/mol. The van der Waals surface area contributed by atoms with Gasteiger partial charge in [0, 0.05) is 48.6 Å². The zero-order valence-corrected chi connectivity index (χ0v) is 25.0. The van der Waals surface area contributed by atoms with Crippen molar-refractivity contribution in [3.63, 3.8) is 0 Å². The minimum atomic E-state index is 0.625. The van der Waals surface area contributed by atoms with Gasteiger partial charge in [0.15, 0.2) is 17.5 Å². The highest BCUT2D eigenvalue weighted by Crippen LogP contribution is 2.36. The highest BCUT2D eigenvalue weighted by molar-refractivity contribution is 7.25. The molecule has 0 atom stereocenters. The Balaban J connectivity index is 1.24. The number of rotatable bonds is 7. The third kappa shape index (κ3) is 5.49. The van der Waals surface area contributed by atoms with E-state index >= 15 is 0 Å². The average Bonchev–Trinajstić information content (AvgIpc) is 3.47. The molecule has 4 nitrogen and oxygen atoms in total. The summed E-state index contributed by atoms with van der Waals surface area (Å²) in [5.74, 6) is 1.91. The summed E-state index contributed by atoms with van der Waals surface area (Å²) in [7, 11) is 0. The van der Waals surface area contributed by atoms with Crippen LogP contribution in [0.3, 0.4) is 0 Å². The smallest absolute Gasteiger partial charge is 0.164 e. The first-order chi connectivity index (χ1) is 21.7. The first-order valence-electron chi connectivity index (χ1n) is 14.4. The molecule has 5 heteroatoms. The molecule has 0 N–H and O–H groups in total. The zero-order valence-electron chi connectivity index (χ0n) is 24.2. The molecule has 0 bridgehead atoms. The van der Waals surface area contributed by atoms with Crippen LogP contribution < -0.4 is 0 Å². The molecule has 0 fully saturated rings. The molecule has 0 spiro atoms. The van der Waals surface area contributed by atoms with E-state index in [2.05, 4.69) is 91.4 Å². The maximum Gasteiger partial charge on any atom is 0.164 e. The number of allylic oxidation sites excluding steroid dienone is 3. The van der Waals surface area contributed by atoms with Gasteiger partial charge in [-0.25, -0.2) is 15.0 Å². The Morgan fingerprint density at radius 3 is 1.73 bits per heavy atom. The standard InChI is InChI=1S/C39H28N4S/c1-26(31-21-22-36-34(24-31)33-15-9-10-16-35(33)44-36)23-32(25-40-2)27-17-19-30(20-18-27)39-42-37(28-11-5-3-6-12-28)41-38(43-39)29-13-7-4-8-14-29/h3-25H,2H2,1H3/b26-23+,32-25+. The van der Waals surface area contributed by atoms with Crippen molar-refractivity contribution < 1.29 is 0 Å². The molecule has 7 aromatic rings. The van der Waals surface area contributed by atoms with Gasteiger partial charge in [-0.2, -0.15) is 0 Å². The van der Waals surface area contributed by atoms with Gasteiger partial charge in [-0.3, -0.25) is 4.99 Å². The van der Waals surface area contributed by atoms with Gasteiger partial charge in [0.05, 0.1) is 0 Å². The lowest BCUT2D eigenvalue weighted by molar-refractivity contribution is 1.07. The summed E-state index contributed by atoms with van der Waals surface area (Å²) in [5, 5.41) is 2.58. The largest absolute Gasteiger partial charge is 0.272 e. The Morgan fingerprint density at radius 1 is 0.591 bits per heavy atom. The second kappa shape index (κ2) is 12.0. The van der Waals surface area contributed by atoms with Crippen molar-refractivity contribution in [2.24, 2.45) is 4.99 Å². The summed E-state index contributed by atoms with van der Waals surface area (Å²) in [6, 6.07) is 43.6. The van der Waals surface area contributed by atoms with Crippen LogP contribution >= 0.6 is 11.3 Å². The second-order valence-corrected chi connectivity index (χ2v) is 11.6. The molecule has 0 amide bonds. The number of thiophene rings is 1. The number of nitrogens with zero attached hydrogens (tertiary/aromatic N) is 4. The number of hydrogen-bond acceptors (Lipinski definition) is 5. The van der Waals surface area contributed by atoms with Gasteiger partial charge in [-0.1, -0.05) is 109 Å². The Morgan fingerprint density at radius 2 is 1.11 bits per heavy atom. The molecular formula is C39H28N4S. The van der Waals surface area contributed by atoms with Crippen LogP contribution in [0.2, 0.25) is 0 Å². The van der Waals surface area contributed by atoms with Gasteiger partial charge in [0.1, 0.15) is 0 Å². The lowest BCUT2D eigenvalue weighted by atomic mass is 9.98. The molecule has 0 aliphatic carbocycles. The second-order valence-electron chi connectivity index (χ2n) is 10.5. The van der Waals surface area contributed by atoms with Gasteiger partial charge in [0.2, 0.25) is 0 Å². The Labute approximate surface area is 260 Å². The molecule has 44 heavy (non-hydrogen) atoms. The summed E-state index contributed by atoms with van der Waals surface area (Å²) >= 11 is 1.83. The molecule has 0 unspecified atom stereocenters. The highest BCUT2D eigenvalue weighted by Gasteiger charge is 2.13. The minimum Gasteiger partial charge on any atom is -0.272 e. The summed E-state index contributed by atoms with van der Waals surface area (Å²) in [6.07, 6.45) is 3.98. The van der Waals surface area contributed by atoms with E-state index in [-0.39, 0.29) is 0 Å². The number of hydrogen-bond donors (Lipinski definition) is 0. The summed E-state index contributed by atoms with van der Waals surface area (Å²) < 4.78 is 2.61. The number of aliphatic imine (C=N–C) groups is 1. The number of aromatic nitrogens is 3. The van der Waals surface area contributed by atoms with Crippen LogP contribution in [0.1, 0.15) is 18.1 Å². The van der Waals surface area contributed by atoms with Crippen LogP contribution in [0, 0.1) is 0 Å². The maximum absolute atomic E-state index is 4.86. The number of fused-ring (bicyclic) bond motifs is 3. The van der Waals surface area contributed by atoms with Crippen molar-refractivity contribution in [3.05, 3.63) is 151 Å². The van der Waals surface area contributed by atoms with Crippen molar-refractivity contribution >= 4 is 49.4 Å². The van der Waals surface area contributed by atoms with E-state index in [0.717, 1.165) is 33.4 Å². The molecule has 0 aliphatic heterocycles. The SMILES string of the molecule is C=N/C=C(\C=C(/C)c1ccc2sc3ccccc3c2c1)c1ccc(-c2nc(-c3ccccc3)nc(-c3ccccc3)n2)cc1. The van der Waals surface area contributed by atoms with E-state index in [9.17, 15) is 0 Å². The van der Waals surface area contributed by atoms with E-state index in [1.807, 2.05) is 72.0 Å². The van der Waals surface area contributed by atoms with Crippen molar-refractivity contribution in [3.8, 4) is 34.2 Å². The van der Waals surface area contributed by atoms with Crippen molar-refractivity contribution in [2.45, 2.75) is 6.92 Å². The molecule has 2 aromatic heterocycles. The van der Waals surface area contributed by atoms with Crippen LogP contribution in [0.4, 0.5) is 0 Å². The lowest BCUT2D eigenvalue weighted by Crippen LogP contribution is -2.00. The van der Waals surface area contributed by atoms with Gasteiger partial charge < -0.3 is 0 Å². The first kappa shape index (κ1) is 27.3. The predicted molar refractivity (Wildman–Crippen MR) is 187 cm³/mol. The highest BCUT2D eigenvalue weighted by atomic mass is 32.1. The maximum atomic E-state index is 4.86. The van der Waals surface area contributed by atoms with E-state index in [1.54, 1.807) is 6.20 Å². The summed E-state index contributed by atoms with van der Waals surface area (Å²) in [6.45, 7) is 5.88. The Hall–Kier alpha value is -5.52. The molecule has 210 valence electrons. The van der Waals surface area contributed by atoms with Crippen molar-refractivity contribution in [2.75, 3.05) is 0 Å².